The minimum absolute atomic E-state index is 0. The number of hydrogen-bond acceptors (Lipinski definition) is 8. The van der Waals surface area contributed by atoms with E-state index in [0.717, 1.165) is 0 Å². The van der Waals surface area contributed by atoms with Gasteiger partial charge in [-0.1, -0.05) is 97.1 Å². The summed E-state index contributed by atoms with van der Waals surface area (Å²) in [4.78, 5) is 16.6. The van der Waals surface area contributed by atoms with Crippen molar-refractivity contribution in [1.82, 2.24) is 0 Å². The first-order chi connectivity index (χ1) is 22.4. The predicted octanol–water partition coefficient (Wildman–Crippen LogP) is 5.58. The first-order valence-corrected chi connectivity index (χ1v) is 15.8. The molecule has 0 atom stereocenters. The maximum Gasteiger partial charge on any atom is 2.00 e. The minimum atomic E-state index is -0.0416. The van der Waals surface area contributed by atoms with Crippen LogP contribution in [-0.4, -0.2) is 61.7 Å². The van der Waals surface area contributed by atoms with Gasteiger partial charge in [-0.15, -0.1) is 69.4 Å². The fourth-order valence-electron chi connectivity index (χ4n) is 3.23. The molecule has 8 nitrogen and oxygen atoms in total. The Morgan fingerprint density at radius 3 is 0.708 bits per heavy atom. The number of nitrogens with zero attached hydrogens (tertiary/aromatic N) is 4. The third-order valence-corrected chi connectivity index (χ3v) is 5.31. The molecule has 0 aliphatic rings. The molecule has 0 spiro atoms. The molecule has 48 heavy (non-hydrogen) atoms. The summed E-state index contributed by atoms with van der Waals surface area (Å²) in [6.45, 7) is 1.91. The summed E-state index contributed by atoms with van der Waals surface area (Å²) in [5.74, 6) is -0.167. The number of halogens is 4. The molecule has 0 fully saturated rings. The van der Waals surface area contributed by atoms with E-state index in [0.29, 0.717) is 48.4 Å². The van der Waals surface area contributed by atoms with Crippen molar-refractivity contribution in [3.63, 3.8) is 0 Å². The zero-order valence-corrected chi connectivity index (χ0v) is 30.4. The molecule has 0 unspecified atom stereocenters. The molecule has 4 aromatic carbocycles. The molecule has 4 rings (SSSR count). The van der Waals surface area contributed by atoms with Crippen LogP contribution in [0, 0.1) is 0 Å². The van der Waals surface area contributed by atoms with Gasteiger partial charge in [0.1, 0.15) is 0 Å². The largest absolute Gasteiger partial charge is 2.00 e. The van der Waals surface area contributed by atoms with Gasteiger partial charge in [0.25, 0.3) is 0 Å². The Bertz CT molecular complexity index is 1310. The molecular weight excluding hydrogens is 788 g/mol. The van der Waals surface area contributed by atoms with Crippen molar-refractivity contribution in [1.29, 1.82) is 0 Å². The van der Waals surface area contributed by atoms with Crippen LogP contribution in [0.3, 0.4) is 0 Å². The fraction of sp³-hybridized carbons (Fsp3) is 0.176. The molecule has 0 aliphatic carbocycles. The van der Waals surface area contributed by atoms with Crippen molar-refractivity contribution < 1.29 is 53.4 Å². The van der Waals surface area contributed by atoms with E-state index in [2.05, 4.69) is 20.0 Å². The van der Waals surface area contributed by atoms with Gasteiger partial charge in [-0.3, -0.25) is 20.0 Å². The van der Waals surface area contributed by atoms with Gasteiger partial charge in [0.05, 0.1) is 36.9 Å². The Morgan fingerprint density at radius 2 is 0.542 bits per heavy atom. The van der Waals surface area contributed by atoms with E-state index in [1.54, 1.807) is 97.7 Å². The average Bonchev–Trinajstić information content (AvgIpc) is 3.05. The summed E-state index contributed by atoms with van der Waals surface area (Å²) < 4.78 is 0. The molecule has 0 heterocycles. The molecule has 0 saturated heterocycles. The van der Waals surface area contributed by atoms with Crippen molar-refractivity contribution in [2.75, 3.05) is 36.9 Å². The number of alkyl halides is 4. The zero-order chi connectivity index (χ0) is 33.8. The molecule has 0 saturated carbocycles. The monoisotopic (exact) mass is 816 g/mol. The minimum Gasteiger partial charge on any atom is -0.872 e. The number of rotatable bonds is 10. The molecule has 0 aliphatic heterocycles. The van der Waals surface area contributed by atoms with E-state index < -0.39 is 0 Å². The van der Waals surface area contributed by atoms with Crippen LogP contribution in [0.2, 0.25) is 0 Å². The maximum atomic E-state index is 11.4. The van der Waals surface area contributed by atoms with Gasteiger partial charge in [-0.25, -0.2) is 0 Å². The van der Waals surface area contributed by atoms with Crippen LogP contribution in [0.25, 0.3) is 0 Å². The molecule has 0 amide bonds. The quantitative estimate of drug-likeness (QED) is 0.0892. The van der Waals surface area contributed by atoms with Gasteiger partial charge >= 0.3 is 33.0 Å². The van der Waals surface area contributed by atoms with Crippen molar-refractivity contribution >= 4 is 71.3 Å². The second-order valence-corrected chi connectivity index (χ2v) is 10.1. The van der Waals surface area contributed by atoms with E-state index >= 15 is 0 Å². The Morgan fingerprint density at radius 1 is 0.375 bits per heavy atom. The number of aliphatic imine (C=N–C) groups is 4. The van der Waals surface area contributed by atoms with E-state index in [4.69, 9.17) is 46.4 Å². The summed E-state index contributed by atoms with van der Waals surface area (Å²) in [5, 5.41) is 46.0. The Balaban J connectivity index is 0. The molecule has 0 radical (unpaired) electrons. The van der Waals surface area contributed by atoms with Crippen molar-refractivity contribution in [2.24, 2.45) is 20.0 Å². The predicted molar refractivity (Wildman–Crippen MR) is 187 cm³/mol. The molecule has 0 aromatic heterocycles. The van der Waals surface area contributed by atoms with E-state index in [-0.39, 0.29) is 66.7 Å². The maximum absolute atomic E-state index is 11.4. The van der Waals surface area contributed by atoms with E-state index in [1.165, 1.54) is 24.3 Å². The molecule has 4 aromatic rings. The third-order valence-electron chi connectivity index (χ3n) is 5.31. The summed E-state index contributed by atoms with van der Waals surface area (Å²) in [6.07, 6.45) is 6.22. The number of hydrogen-bond donors (Lipinski definition) is 0. The van der Waals surface area contributed by atoms with Crippen LogP contribution >= 0.6 is 46.4 Å². The van der Waals surface area contributed by atoms with Crippen LogP contribution < -0.4 is 20.4 Å². The summed E-state index contributed by atoms with van der Waals surface area (Å²) in [7, 11) is 0. The summed E-state index contributed by atoms with van der Waals surface area (Å²) >= 11 is 19.1. The van der Waals surface area contributed by atoms with Gasteiger partial charge in [-0.05, 0) is 22.3 Å². The van der Waals surface area contributed by atoms with Gasteiger partial charge in [-0.2, -0.15) is 0 Å². The third kappa shape index (κ3) is 21.7. The SMILES string of the molecule is ClCCl.ClCCl.[Ni+2].[Ni+2].[O-]c1ccccc1C=NCCN=Cc1ccccc1[O-].[O-]c1ccccc1C=NCCN=Cc1ccccc1[O-]. The molecule has 0 N–H and O–H groups in total. The first kappa shape index (κ1) is 47.0. The Hall–Kier alpha value is -3.09. The second-order valence-electron chi connectivity index (χ2n) is 8.49. The molecule has 0 bridgehead atoms. The van der Waals surface area contributed by atoms with Crippen LogP contribution in [0.1, 0.15) is 22.3 Å². The number of benzene rings is 4. The van der Waals surface area contributed by atoms with E-state index in [1.807, 2.05) is 0 Å². The molecule has 260 valence electrons. The Labute approximate surface area is 321 Å². The Kier molecular flexibility index (Phi) is 30.6. The smallest absolute Gasteiger partial charge is 0.872 e. The second kappa shape index (κ2) is 31.2. The zero-order valence-electron chi connectivity index (χ0n) is 25.4. The first-order valence-electron chi connectivity index (χ1n) is 13.6. The van der Waals surface area contributed by atoms with Crippen molar-refractivity contribution in [2.45, 2.75) is 0 Å². The standard InChI is InChI=1S/2C16H16N2O2.2CH2Cl2.2Ni/c2*19-15-7-3-1-5-13(15)11-17-9-10-18-12-14-6-2-4-8-16(14)20;2*2-1-3;;/h2*1-8,11-12,19-20H,9-10H2;2*1H2;;/q;;;;2*+2/p-4. The fourth-order valence-corrected chi connectivity index (χ4v) is 3.23. The van der Waals surface area contributed by atoms with E-state index in [9.17, 15) is 20.4 Å². The van der Waals surface area contributed by atoms with Gasteiger partial charge in [0, 0.05) is 24.9 Å². The van der Waals surface area contributed by atoms with Crippen LogP contribution in [-0.2, 0) is 33.0 Å². The van der Waals surface area contributed by atoms with Crippen LogP contribution in [0.15, 0.2) is 117 Å². The number of para-hydroxylation sites is 4. The summed E-state index contributed by atoms with van der Waals surface area (Å²) in [6, 6.07) is 26.9. The van der Waals surface area contributed by atoms with Crippen LogP contribution in [0.5, 0.6) is 23.0 Å². The normalized spacial score (nSPS) is 10.2. The van der Waals surface area contributed by atoms with Gasteiger partial charge in [0.2, 0.25) is 0 Å². The van der Waals surface area contributed by atoms with Gasteiger partial charge in [0.15, 0.2) is 0 Å². The van der Waals surface area contributed by atoms with Crippen molar-refractivity contribution in [3.8, 4) is 23.0 Å². The average molecular weight is 820 g/mol. The van der Waals surface area contributed by atoms with Crippen LogP contribution in [0.4, 0.5) is 0 Å². The van der Waals surface area contributed by atoms with Crippen molar-refractivity contribution in [3.05, 3.63) is 119 Å². The summed E-state index contributed by atoms with van der Waals surface area (Å²) in [5.41, 5.74) is 2.28. The van der Waals surface area contributed by atoms with Gasteiger partial charge < -0.3 is 20.4 Å². The topological polar surface area (TPSA) is 142 Å². The molecular formula is C34H32Cl4N4Ni2O4. The molecule has 14 heteroatoms.